The molecule has 0 aromatic heterocycles. The molecular formula is C13H26N4O. The number of likely N-dealkylation sites (tertiary alicyclic amines) is 1. The quantitative estimate of drug-likeness (QED) is 0.584. The molecule has 0 amide bonds. The maximum atomic E-state index is 5.99. The normalized spacial score (nSPS) is 27.5. The number of morpholine rings is 1. The van der Waals surface area contributed by atoms with Gasteiger partial charge in [-0.2, -0.15) is 0 Å². The van der Waals surface area contributed by atoms with Crippen LogP contribution >= 0.6 is 0 Å². The van der Waals surface area contributed by atoms with Gasteiger partial charge in [0.05, 0.1) is 19.8 Å². The monoisotopic (exact) mass is 254 g/mol. The average Bonchev–Trinajstić information content (AvgIpc) is 2.40. The fourth-order valence-electron chi connectivity index (χ4n) is 2.69. The first kappa shape index (κ1) is 13.6. The molecule has 0 radical (unpaired) electrons. The molecule has 18 heavy (non-hydrogen) atoms. The molecule has 1 atom stereocenters. The molecule has 0 aromatic carbocycles. The number of aliphatic imine (C=N–C) groups is 1. The summed E-state index contributed by atoms with van der Waals surface area (Å²) in [7, 11) is 0. The SMILES string of the molecule is C[C@@H]1CCCN(CCN=C(N)N2CCOCC2)C1. The molecule has 2 aliphatic heterocycles. The van der Waals surface area contributed by atoms with Crippen molar-refractivity contribution in [3.63, 3.8) is 0 Å². The van der Waals surface area contributed by atoms with Gasteiger partial charge in [-0.3, -0.25) is 4.99 Å². The van der Waals surface area contributed by atoms with Gasteiger partial charge in [0.2, 0.25) is 0 Å². The highest BCUT2D eigenvalue weighted by molar-refractivity contribution is 5.78. The van der Waals surface area contributed by atoms with E-state index in [-0.39, 0.29) is 0 Å². The Morgan fingerprint density at radius 2 is 2.11 bits per heavy atom. The molecule has 2 N–H and O–H groups in total. The predicted octanol–water partition coefficient (Wildman–Crippen LogP) is 0.365. The zero-order valence-corrected chi connectivity index (χ0v) is 11.5. The molecule has 0 aromatic rings. The van der Waals surface area contributed by atoms with Crippen LogP contribution in [0.3, 0.4) is 0 Å². The van der Waals surface area contributed by atoms with Crippen molar-refractivity contribution in [2.75, 3.05) is 52.5 Å². The van der Waals surface area contributed by atoms with Crippen molar-refractivity contribution in [1.82, 2.24) is 9.80 Å². The summed E-state index contributed by atoms with van der Waals surface area (Å²) in [4.78, 5) is 9.11. The largest absolute Gasteiger partial charge is 0.378 e. The molecule has 0 unspecified atom stereocenters. The molecule has 5 heteroatoms. The lowest BCUT2D eigenvalue weighted by atomic mass is 10.0. The smallest absolute Gasteiger partial charge is 0.191 e. The van der Waals surface area contributed by atoms with E-state index in [2.05, 4.69) is 21.7 Å². The zero-order chi connectivity index (χ0) is 12.8. The molecule has 2 aliphatic rings. The van der Waals surface area contributed by atoms with Crippen molar-refractivity contribution in [2.24, 2.45) is 16.6 Å². The summed E-state index contributed by atoms with van der Waals surface area (Å²) in [5.41, 5.74) is 5.99. The fourth-order valence-corrected chi connectivity index (χ4v) is 2.69. The van der Waals surface area contributed by atoms with Crippen LogP contribution in [0.2, 0.25) is 0 Å². The lowest BCUT2D eigenvalue weighted by Gasteiger charge is -2.30. The minimum atomic E-state index is 0.684. The van der Waals surface area contributed by atoms with Gasteiger partial charge in [-0.1, -0.05) is 6.92 Å². The number of nitrogens with two attached hydrogens (primary N) is 1. The van der Waals surface area contributed by atoms with Crippen LogP contribution in [0.15, 0.2) is 4.99 Å². The van der Waals surface area contributed by atoms with E-state index in [0.717, 1.165) is 45.3 Å². The van der Waals surface area contributed by atoms with Gasteiger partial charge in [0.25, 0.3) is 0 Å². The van der Waals surface area contributed by atoms with Gasteiger partial charge in [-0.25, -0.2) is 0 Å². The predicted molar refractivity (Wildman–Crippen MR) is 73.7 cm³/mol. The van der Waals surface area contributed by atoms with E-state index < -0.39 is 0 Å². The van der Waals surface area contributed by atoms with E-state index in [9.17, 15) is 0 Å². The van der Waals surface area contributed by atoms with Crippen LogP contribution in [0, 0.1) is 5.92 Å². The Hall–Kier alpha value is -0.810. The summed E-state index contributed by atoms with van der Waals surface area (Å²) >= 11 is 0. The van der Waals surface area contributed by atoms with Crippen LogP contribution in [-0.2, 0) is 4.74 Å². The Balaban J connectivity index is 1.69. The van der Waals surface area contributed by atoms with Crippen molar-refractivity contribution in [3.8, 4) is 0 Å². The Morgan fingerprint density at radius 1 is 1.33 bits per heavy atom. The second-order valence-electron chi connectivity index (χ2n) is 5.39. The Morgan fingerprint density at radius 3 is 2.83 bits per heavy atom. The van der Waals surface area contributed by atoms with Gasteiger partial charge in [-0.15, -0.1) is 0 Å². The van der Waals surface area contributed by atoms with Gasteiger partial charge in [0, 0.05) is 26.2 Å². The number of ether oxygens (including phenoxy) is 1. The van der Waals surface area contributed by atoms with Crippen LogP contribution in [-0.4, -0.2) is 68.2 Å². The van der Waals surface area contributed by atoms with Gasteiger partial charge in [-0.05, 0) is 25.3 Å². The lowest BCUT2D eigenvalue weighted by Crippen LogP contribution is -2.45. The molecule has 0 spiro atoms. The summed E-state index contributed by atoms with van der Waals surface area (Å²) in [5, 5.41) is 0. The average molecular weight is 254 g/mol. The molecule has 104 valence electrons. The first-order valence-corrected chi connectivity index (χ1v) is 7.10. The van der Waals surface area contributed by atoms with E-state index in [1.807, 2.05) is 0 Å². The fraction of sp³-hybridized carbons (Fsp3) is 0.923. The number of piperidine rings is 1. The van der Waals surface area contributed by atoms with Gasteiger partial charge < -0.3 is 20.3 Å². The lowest BCUT2D eigenvalue weighted by molar-refractivity contribution is 0.0674. The number of rotatable bonds is 3. The van der Waals surface area contributed by atoms with Crippen molar-refractivity contribution < 1.29 is 4.74 Å². The van der Waals surface area contributed by atoms with Crippen LogP contribution in [0.5, 0.6) is 0 Å². The first-order chi connectivity index (χ1) is 8.75. The van der Waals surface area contributed by atoms with Crippen molar-refractivity contribution >= 4 is 5.96 Å². The standard InChI is InChI=1S/C13H26N4O/c1-12-3-2-5-16(11-12)6-4-15-13(14)17-7-9-18-10-8-17/h12H,2-11H2,1H3,(H2,14,15)/t12-/m1/s1. The molecule has 2 saturated heterocycles. The summed E-state index contributed by atoms with van der Waals surface area (Å²) in [6.07, 6.45) is 2.69. The number of hydrogen-bond acceptors (Lipinski definition) is 3. The maximum absolute atomic E-state index is 5.99. The highest BCUT2D eigenvalue weighted by Gasteiger charge is 2.16. The maximum Gasteiger partial charge on any atom is 0.191 e. The Labute approximate surface area is 110 Å². The van der Waals surface area contributed by atoms with Gasteiger partial charge >= 0.3 is 0 Å². The number of nitrogens with zero attached hydrogens (tertiary/aromatic N) is 3. The highest BCUT2D eigenvalue weighted by Crippen LogP contribution is 2.14. The van der Waals surface area contributed by atoms with Gasteiger partial charge in [0.1, 0.15) is 0 Å². The highest BCUT2D eigenvalue weighted by atomic mass is 16.5. The molecule has 5 nitrogen and oxygen atoms in total. The Kier molecular flexibility index (Phi) is 5.26. The molecule has 2 fully saturated rings. The van der Waals surface area contributed by atoms with E-state index in [4.69, 9.17) is 10.5 Å². The van der Waals surface area contributed by atoms with Crippen molar-refractivity contribution in [3.05, 3.63) is 0 Å². The van der Waals surface area contributed by atoms with E-state index in [0.29, 0.717) is 5.96 Å². The van der Waals surface area contributed by atoms with E-state index in [1.165, 1.54) is 25.9 Å². The van der Waals surface area contributed by atoms with Crippen LogP contribution in [0.25, 0.3) is 0 Å². The zero-order valence-electron chi connectivity index (χ0n) is 11.5. The van der Waals surface area contributed by atoms with E-state index >= 15 is 0 Å². The Bertz CT molecular complexity index is 276. The van der Waals surface area contributed by atoms with Gasteiger partial charge in [0.15, 0.2) is 5.96 Å². The second-order valence-corrected chi connectivity index (χ2v) is 5.39. The minimum absolute atomic E-state index is 0.684. The molecular weight excluding hydrogens is 228 g/mol. The summed E-state index contributed by atoms with van der Waals surface area (Å²) in [6.45, 7) is 9.89. The third kappa shape index (κ3) is 4.14. The van der Waals surface area contributed by atoms with Crippen molar-refractivity contribution in [2.45, 2.75) is 19.8 Å². The molecule has 0 saturated carbocycles. The van der Waals surface area contributed by atoms with Crippen molar-refractivity contribution in [1.29, 1.82) is 0 Å². The molecule has 0 aliphatic carbocycles. The summed E-state index contributed by atoms with van der Waals surface area (Å²) < 4.78 is 5.30. The van der Waals surface area contributed by atoms with E-state index in [1.54, 1.807) is 0 Å². The van der Waals surface area contributed by atoms with Crippen LogP contribution in [0.1, 0.15) is 19.8 Å². The van der Waals surface area contributed by atoms with Crippen LogP contribution < -0.4 is 5.73 Å². The third-order valence-electron chi connectivity index (χ3n) is 3.77. The molecule has 2 rings (SSSR count). The van der Waals surface area contributed by atoms with Crippen LogP contribution in [0.4, 0.5) is 0 Å². The third-order valence-corrected chi connectivity index (χ3v) is 3.77. The molecule has 0 bridgehead atoms. The minimum Gasteiger partial charge on any atom is -0.378 e. The summed E-state index contributed by atoms with van der Waals surface area (Å²) in [6, 6.07) is 0. The first-order valence-electron chi connectivity index (χ1n) is 7.10. The molecule has 2 heterocycles. The topological polar surface area (TPSA) is 54.1 Å². The number of guanidine groups is 1. The second kappa shape index (κ2) is 6.95. The summed E-state index contributed by atoms with van der Waals surface area (Å²) in [5.74, 6) is 1.52. The number of hydrogen-bond donors (Lipinski definition) is 1.